The van der Waals surface area contributed by atoms with E-state index in [9.17, 15) is 14.4 Å². The van der Waals surface area contributed by atoms with Gasteiger partial charge in [0.1, 0.15) is 12.1 Å². The lowest BCUT2D eigenvalue weighted by atomic mass is 9.92. The molecule has 3 rings (SSSR count). The van der Waals surface area contributed by atoms with Crippen molar-refractivity contribution >= 4 is 23.7 Å². The molecular weight excluding hydrogens is 262 g/mol. The smallest absolute Gasteiger partial charge is 0.414 e. The Morgan fingerprint density at radius 1 is 1.30 bits per heavy atom. The molecule has 0 spiro atoms. The molecule has 1 unspecified atom stereocenters. The molecular formula is C13H13N3O4. The largest absolute Gasteiger partial charge is 0.447 e. The van der Waals surface area contributed by atoms with Gasteiger partial charge in [0, 0.05) is 5.69 Å². The lowest BCUT2D eigenvalue weighted by Crippen LogP contribution is -2.40. The molecule has 104 valence electrons. The molecule has 0 aliphatic carbocycles. The Labute approximate surface area is 114 Å². The molecule has 0 radical (unpaired) electrons. The second kappa shape index (κ2) is 4.22. The van der Waals surface area contributed by atoms with Crippen LogP contribution in [-0.2, 0) is 15.1 Å². The predicted molar refractivity (Wildman–Crippen MR) is 69.2 cm³/mol. The molecule has 2 saturated heterocycles. The molecule has 0 saturated carbocycles. The monoisotopic (exact) mass is 275 g/mol. The number of anilines is 1. The number of rotatable bonds is 2. The highest BCUT2D eigenvalue weighted by Gasteiger charge is 2.43. The number of imide groups is 1. The van der Waals surface area contributed by atoms with Crippen molar-refractivity contribution in [1.29, 1.82) is 0 Å². The fourth-order valence-electron chi connectivity index (χ4n) is 2.36. The van der Waals surface area contributed by atoms with Gasteiger partial charge in [0.15, 0.2) is 0 Å². The van der Waals surface area contributed by atoms with E-state index in [0.717, 1.165) is 0 Å². The van der Waals surface area contributed by atoms with Crippen LogP contribution in [0.1, 0.15) is 12.5 Å². The highest BCUT2D eigenvalue weighted by atomic mass is 16.6. The maximum Gasteiger partial charge on any atom is 0.414 e. The van der Waals surface area contributed by atoms with E-state index < -0.39 is 23.6 Å². The summed E-state index contributed by atoms with van der Waals surface area (Å²) >= 11 is 0. The third-order valence-corrected chi connectivity index (χ3v) is 3.54. The van der Waals surface area contributed by atoms with E-state index in [1.54, 1.807) is 31.2 Å². The van der Waals surface area contributed by atoms with Gasteiger partial charge in [0.2, 0.25) is 0 Å². The summed E-state index contributed by atoms with van der Waals surface area (Å²) in [4.78, 5) is 36.3. The highest BCUT2D eigenvalue weighted by molar-refractivity contribution is 6.07. The van der Waals surface area contributed by atoms with Crippen LogP contribution in [0.5, 0.6) is 0 Å². The van der Waals surface area contributed by atoms with Crippen molar-refractivity contribution in [2.75, 3.05) is 18.1 Å². The maximum absolute atomic E-state index is 11.9. The number of nitrogens with one attached hydrogen (secondary N) is 2. The van der Waals surface area contributed by atoms with Crippen LogP contribution in [0.15, 0.2) is 24.3 Å². The normalized spacial score (nSPS) is 25.4. The number of hydrogen-bond donors (Lipinski definition) is 2. The first kappa shape index (κ1) is 12.5. The van der Waals surface area contributed by atoms with Gasteiger partial charge in [-0.2, -0.15) is 0 Å². The van der Waals surface area contributed by atoms with Crippen molar-refractivity contribution < 1.29 is 19.1 Å². The number of cyclic esters (lactones) is 1. The van der Waals surface area contributed by atoms with Crippen molar-refractivity contribution in [3.63, 3.8) is 0 Å². The predicted octanol–water partition coefficient (Wildman–Crippen LogP) is 0.698. The Kier molecular flexibility index (Phi) is 2.63. The summed E-state index contributed by atoms with van der Waals surface area (Å²) in [7, 11) is 0. The van der Waals surface area contributed by atoms with Gasteiger partial charge in [0.05, 0.1) is 6.54 Å². The van der Waals surface area contributed by atoms with E-state index in [4.69, 9.17) is 4.74 Å². The Bertz CT molecular complexity index is 615. The maximum atomic E-state index is 11.9. The minimum Gasteiger partial charge on any atom is -0.447 e. The molecule has 1 aromatic carbocycles. The van der Waals surface area contributed by atoms with E-state index in [-0.39, 0.29) is 0 Å². The molecule has 2 N–H and O–H groups in total. The molecule has 2 aliphatic heterocycles. The van der Waals surface area contributed by atoms with Crippen LogP contribution in [-0.4, -0.2) is 31.2 Å². The minimum absolute atomic E-state index is 0.345. The minimum atomic E-state index is -1.13. The van der Waals surface area contributed by atoms with Gasteiger partial charge >= 0.3 is 12.1 Å². The highest BCUT2D eigenvalue weighted by Crippen LogP contribution is 2.28. The van der Waals surface area contributed by atoms with E-state index in [0.29, 0.717) is 24.4 Å². The summed E-state index contributed by atoms with van der Waals surface area (Å²) in [5.41, 5.74) is 0.120. The van der Waals surface area contributed by atoms with Gasteiger partial charge in [-0.15, -0.1) is 0 Å². The van der Waals surface area contributed by atoms with Gasteiger partial charge < -0.3 is 10.1 Å². The quantitative estimate of drug-likeness (QED) is 0.778. The number of carbonyl (C=O) groups excluding carboxylic acids is 3. The first-order valence-corrected chi connectivity index (χ1v) is 6.19. The average Bonchev–Trinajstić information content (AvgIpc) is 2.95. The zero-order valence-corrected chi connectivity index (χ0v) is 10.8. The number of urea groups is 1. The van der Waals surface area contributed by atoms with E-state index in [1.807, 2.05) is 0 Å². The molecule has 0 aromatic heterocycles. The fraction of sp³-hybridized carbons (Fsp3) is 0.308. The summed E-state index contributed by atoms with van der Waals surface area (Å²) in [5.74, 6) is -0.413. The van der Waals surface area contributed by atoms with Crippen LogP contribution in [0.4, 0.5) is 15.3 Å². The van der Waals surface area contributed by atoms with Crippen LogP contribution < -0.4 is 15.5 Å². The molecule has 1 atom stereocenters. The summed E-state index contributed by atoms with van der Waals surface area (Å²) in [6.45, 7) is 2.43. The molecule has 0 bridgehead atoms. The van der Waals surface area contributed by atoms with Gasteiger partial charge in [-0.25, -0.2) is 9.59 Å². The Morgan fingerprint density at radius 2 is 2.10 bits per heavy atom. The van der Waals surface area contributed by atoms with Crippen molar-refractivity contribution in [3.05, 3.63) is 29.8 Å². The number of benzene rings is 1. The number of amides is 4. The van der Waals surface area contributed by atoms with Crippen LogP contribution in [0.2, 0.25) is 0 Å². The van der Waals surface area contributed by atoms with Crippen LogP contribution in [0.3, 0.4) is 0 Å². The Balaban J connectivity index is 1.97. The number of carbonyl (C=O) groups is 3. The van der Waals surface area contributed by atoms with E-state index in [2.05, 4.69) is 10.6 Å². The summed E-state index contributed by atoms with van der Waals surface area (Å²) in [5, 5.41) is 4.80. The fourth-order valence-corrected chi connectivity index (χ4v) is 2.36. The molecule has 2 heterocycles. The van der Waals surface area contributed by atoms with Crippen molar-refractivity contribution in [1.82, 2.24) is 10.6 Å². The van der Waals surface area contributed by atoms with Crippen molar-refractivity contribution in [3.8, 4) is 0 Å². The van der Waals surface area contributed by atoms with Gasteiger partial charge in [-0.05, 0) is 24.6 Å². The summed E-state index contributed by atoms with van der Waals surface area (Å²) in [6, 6.07) is 6.41. The van der Waals surface area contributed by atoms with E-state index in [1.165, 1.54) is 4.90 Å². The first-order valence-electron chi connectivity index (χ1n) is 6.19. The zero-order chi connectivity index (χ0) is 14.3. The summed E-state index contributed by atoms with van der Waals surface area (Å²) < 4.78 is 4.89. The third-order valence-electron chi connectivity index (χ3n) is 3.54. The molecule has 2 aliphatic rings. The zero-order valence-electron chi connectivity index (χ0n) is 10.8. The second-order valence-electron chi connectivity index (χ2n) is 4.85. The topological polar surface area (TPSA) is 87.7 Å². The molecule has 20 heavy (non-hydrogen) atoms. The summed E-state index contributed by atoms with van der Waals surface area (Å²) in [6.07, 6.45) is -0.410. The SMILES string of the molecule is CC1(c2cccc(N3CCOC3=O)c2)NC(=O)NC1=O. The van der Waals surface area contributed by atoms with Gasteiger partial charge in [-0.3, -0.25) is 15.0 Å². The molecule has 1 aromatic rings. The number of hydrogen-bond acceptors (Lipinski definition) is 4. The van der Waals surface area contributed by atoms with Crippen molar-refractivity contribution in [2.45, 2.75) is 12.5 Å². The molecule has 7 heteroatoms. The third kappa shape index (κ3) is 1.78. The van der Waals surface area contributed by atoms with Crippen molar-refractivity contribution in [2.24, 2.45) is 0 Å². The molecule has 2 fully saturated rings. The van der Waals surface area contributed by atoms with Crippen LogP contribution in [0.25, 0.3) is 0 Å². The number of ether oxygens (including phenoxy) is 1. The Hall–Kier alpha value is -2.57. The standard InChI is InChI=1S/C13H13N3O4/c1-13(10(17)14-11(18)15-13)8-3-2-4-9(7-8)16-5-6-20-12(16)19/h2-4,7H,5-6H2,1H3,(H2,14,15,17,18). The van der Waals surface area contributed by atoms with Crippen LogP contribution in [0, 0.1) is 0 Å². The Morgan fingerprint density at radius 3 is 2.70 bits per heavy atom. The molecule has 7 nitrogen and oxygen atoms in total. The lowest BCUT2D eigenvalue weighted by Gasteiger charge is -2.23. The van der Waals surface area contributed by atoms with Gasteiger partial charge in [0.25, 0.3) is 5.91 Å². The average molecular weight is 275 g/mol. The molecule has 4 amide bonds. The van der Waals surface area contributed by atoms with E-state index >= 15 is 0 Å². The van der Waals surface area contributed by atoms with Gasteiger partial charge in [-0.1, -0.05) is 12.1 Å². The number of nitrogens with zero attached hydrogens (tertiary/aromatic N) is 1. The second-order valence-corrected chi connectivity index (χ2v) is 4.85. The first-order chi connectivity index (χ1) is 9.50. The van der Waals surface area contributed by atoms with Crippen LogP contribution >= 0.6 is 0 Å². The lowest BCUT2D eigenvalue weighted by molar-refractivity contribution is -0.123.